The van der Waals surface area contributed by atoms with E-state index in [-0.39, 0.29) is 18.1 Å². The Morgan fingerprint density at radius 2 is 1.50 bits per heavy atom. The van der Waals surface area contributed by atoms with Crippen molar-refractivity contribution in [2.45, 2.75) is 12.2 Å². The van der Waals surface area contributed by atoms with Crippen molar-refractivity contribution < 1.29 is 9.57 Å². The van der Waals surface area contributed by atoms with Crippen molar-refractivity contribution in [3.63, 3.8) is 0 Å². The van der Waals surface area contributed by atoms with Gasteiger partial charge in [-0.1, -0.05) is 65.8 Å². The van der Waals surface area contributed by atoms with E-state index in [1.165, 1.54) is 5.56 Å². The lowest BCUT2D eigenvalue weighted by molar-refractivity contribution is 0.0126. The minimum atomic E-state index is -0.0890. The van der Waals surface area contributed by atoms with Crippen LogP contribution in [0.25, 0.3) is 0 Å². The van der Waals surface area contributed by atoms with Gasteiger partial charge in [-0.15, -0.1) is 0 Å². The van der Waals surface area contributed by atoms with Crippen LogP contribution in [0, 0.1) is 5.92 Å². The molecule has 20 heavy (non-hydrogen) atoms. The van der Waals surface area contributed by atoms with Gasteiger partial charge >= 0.3 is 0 Å². The summed E-state index contributed by atoms with van der Waals surface area (Å²) in [5, 5.41) is 4.22. The van der Waals surface area contributed by atoms with Crippen molar-refractivity contribution in [3.05, 3.63) is 71.8 Å². The summed E-state index contributed by atoms with van der Waals surface area (Å²) in [6, 6.07) is 20.5. The van der Waals surface area contributed by atoms with Crippen LogP contribution >= 0.6 is 0 Å². The van der Waals surface area contributed by atoms with Gasteiger partial charge in [-0.3, -0.25) is 0 Å². The van der Waals surface area contributed by atoms with Gasteiger partial charge in [0.1, 0.15) is 18.4 Å². The van der Waals surface area contributed by atoms with E-state index < -0.39 is 0 Å². The quantitative estimate of drug-likeness (QED) is 0.832. The van der Waals surface area contributed by atoms with Crippen LogP contribution in [-0.2, 0) is 9.57 Å². The van der Waals surface area contributed by atoms with Gasteiger partial charge in [0.05, 0.1) is 12.0 Å². The molecule has 0 unspecified atom stereocenters. The highest BCUT2D eigenvalue weighted by molar-refractivity contribution is 5.94. The first-order valence-corrected chi connectivity index (χ1v) is 6.88. The number of benzene rings is 2. The predicted octanol–water partition coefficient (Wildman–Crippen LogP) is 3.50. The van der Waals surface area contributed by atoms with E-state index >= 15 is 0 Å². The van der Waals surface area contributed by atoms with Crippen LogP contribution in [0.3, 0.4) is 0 Å². The van der Waals surface area contributed by atoms with Gasteiger partial charge in [0.25, 0.3) is 0 Å². The Bertz CT molecular complexity index is 624. The molecule has 2 heterocycles. The Labute approximate surface area is 117 Å². The van der Waals surface area contributed by atoms with Gasteiger partial charge < -0.3 is 9.57 Å². The molecule has 0 N–H and O–H groups in total. The SMILES string of the molecule is c1ccc([C@H]2O[C@H](c3ccccc3)C3=NOC[C@@H]32)cc1. The molecule has 0 amide bonds. The Balaban J connectivity index is 1.71. The molecular weight excluding hydrogens is 250 g/mol. The Hall–Kier alpha value is -2.13. The maximum absolute atomic E-state index is 6.29. The zero-order chi connectivity index (χ0) is 13.4. The second-order valence-electron chi connectivity index (χ2n) is 5.18. The largest absolute Gasteiger partial charge is 0.395 e. The zero-order valence-corrected chi connectivity index (χ0v) is 11.0. The van der Waals surface area contributed by atoms with Gasteiger partial charge in [0, 0.05) is 0 Å². The molecule has 0 radical (unpaired) electrons. The normalized spacial score (nSPS) is 27.8. The fourth-order valence-corrected chi connectivity index (χ4v) is 2.97. The third-order valence-corrected chi connectivity index (χ3v) is 3.95. The minimum absolute atomic E-state index is 0.0302. The Morgan fingerprint density at radius 3 is 2.20 bits per heavy atom. The average molecular weight is 265 g/mol. The standard InChI is InChI=1S/C17H15NO2/c1-3-7-12(8-4-1)16-14-11-19-18-15(14)17(20-16)13-9-5-2-6-10-13/h1-10,14,16-17H,11H2/t14-,16+,17+/m0/s1. The number of rotatable bonds is 2. The summed E-state index contributed by atoms with van der Waals surface area (Å²) in [4.78, 5) is 5.32. The third-order valence-electron chi connectivity index (χ3n) is 3.95. The summed E-state index contributed by atoms with van der Waals surface area (Å²) in [6.07, 6.45) is -0.0587. The number of fused-ring (bicyclic) bond motifs is 1. The van der Waals surface area contributed by atoms with Crippen LogP contribution in [0.2, 0.25) is 0 Å². The molecule has 2 aromatic rings. The van der Waals surface area contributed by atoms with E-state index in [1.54, 1.807) is 0 Å². The highest BCUT2D eigenvalue weighted by Gasteiger charge is 2.46. The van der Waals surface area contributed by atoms with E-state index in [0.717, 1.165) is 11.3 Å². The maximum Gasteiger partial charge on any atom is 0.128 e. The molecule has 0 aliphatic carbocycles. The van der Waals surface area contributed by atoms with Crippen molar-refractivity contribution in [2.24, 2.45) is 11.1 Å². The average Bonchev–Trinajstić information content (AvgIpc) is 3.11. The first-order valence-electron chi connectivity index (χ1n) is 6.88. The predicted molar refractivity (Wildman–Crippen MR) is 76.3 cm³/mol. The van der Waals surface area contributed by atoms with Crippen molar-refractivity contribution in [1.82, 2.24) is 0 Å². The fraction of sp³-hybridized carbons (Fsp3) is 0.235. The zero-order valence-electron chi connectivity index (χ0n) is 11.0. The monoisotopic (exact) mass is 265 g/mol. The summed E-state index contributed by atoms with van der Waals surface area (Å²) >= 11 is 0. The summed E-state index contributed by atoms with van der Waals surface area (Å²) < 4.78 is 6.29. The molecular formula is C17H15NO2. The molecule has 2 aromatic carbocycles. The topological polar surface area (TPSA) is 30.8 Å². The molecule has 0 saturated carbocycles. The third kappa shape index (κ3) is 1.82. The first-order chi connectivity index (χ1) is 9.93. The number of hydrogen-bond acceptors (Lipinski definition) is 3. The molecule has 0 spiro atoms. The van der Waals surface area contributed by atoms with Gasteiger partial charge in [0.15, 0.2) is 0 Å². The van der Waals surface area contributed by atoms with Crippen LogP contribution in [0.4, 0.5) is 0 Å². The molecule has 100 valence electrons. The summed E-state index contributed by atoms with van der Waals surface area (Å²) in [6.45, 7) is 0.609. The second kappa shape index (κ2) is 4.76. The van der Waals surface area contributed by atoms with Crippen LogP contribution < -0.4 is 0 Å². The minimum Gasteiger partial charge on any atom is -0.395 e. The molecule has 1 fully saturated rings. The van der Waals surface area contributed by atoms with E-state index in [0.29, 0.717) is 6.61 Å². The highest BCUT2D eigenvalue weighted by Crippen LogP contribution is 2.45. The molecule has 3 atom stereocenters. The molecule has 1 saturated heterocycles. The molecule has 0 bridgehead atoms. The maximum atomic E-state index is 6.29. The molecule has 3 heteroatoms. The van der Waals surface area contributed by atoms with E-state index in [1.807, 2.05) is 36.4 Å². The smallest absolute Gasteiger partial charge is 0.128 e. The number of oxime groups is 1. The Kier molecular flexibility index (Phi) is 2.78. The summed E-state index contributed by atoms with van der Waals surface area (Å²) in [5.74, 6) is 0.225. The summed E-state index contributed by atoms with van der Waals surface area (Å²) in [7, 11) is 0. The van der Waals surface area contributed by atoms with Crippen LogP contribution in [0.1, 0.15) is 23.3 Å². The van der Waals surface area contributed by atoms with Gasteiger partial charge in [-0.05, 0) is 11.1 Å². The molecule has 0 aromatic heterocycles. The van der Waals surface area contributed by atoms with Crippen molar-refractivity contribution in [1.29, 1.82) is 0 Å². The van der Waals surface area contributed by atoms with Gasteiger partial charge in [-0.25, -0.2) is 0 Å². The van der Waals surface area contributed by atoms with E-state index in [9.17, 15) is 0 Å². The lowest BCUT2D eigenvalue weighted by atomic mass is 9.92. The second-order valence-corrected chi connectivity index (χ2v) is 5.18. The van der Waals surface area contributed by atoms with Crippen molar-refractivity contribution in [3.8, 4) is 0 Å². The van der Waals surface area contributed by atoms with Crippen LogP contribution in [0.15, 0.2) is 65.8 Å². The van der Waals surface area contributed by atoms with E-state index in [2.05, 4.69) is 29.4 Å². The molecule has 4 rings (SSSR count). The Morgan fingerprint density at radius 1 is 0.850 bits per heavy atom. The molecule has 2 aliphatic rings. The lowest BCUT2D eigenvalue weighted by Crippen LogP contribution is -2.14. The fourth-order valence-electron chi connectivity index (χ4n) is 2.97. The van der Waals surface area contributed by atoms with Crippen LogP contribution in [0.5, 0.6) is 0 Å². The highest BCUT2D eigenvalue weighted by atomic mass is 16.6. The van der Waals surface area contributed by atoms with E-state index in [4.69, 9.17) is 9.57 Å². The lowest BCUT2D eigenvalue weighted by Gasteiger charge is -2.16. The molecule has 3 nitrogen and oxygen atoms in total. The van der Waals surface area contributed by atoms with Crippen molar-refractivity contribution >= 4 is 5.71 Å². The number of hydrogen-bond donors (Lipinski definition) is 0. The van der Waals surface area contributed by atoms with Crippen molar-refractivity contribution in [2.75, 3.05) is 6.61 Å². The number of ether oxygens (including phenoxy) is 1. The summed E-state index contributed by atoms with van der Waals surface area (Å²) in [5.41, 5.74) is 3.35. The number of nitrogens with zero attached hydrogens (tertiary/aromatic N) is 1. The first kappa shape index (κ1) is 11.7. The van der Waals surface area contributed by atoms with Crippen LogP contribution in [-0.4, -0.2) is 12.3 Å². The van der Waals surface area contributed by atoms with Gasteiger partial charge in [0.2, 0.25) is 0 Å². The molecule has 2 aliphatic heterocycles. The van der Waals surface area contributed by atoms with Gasteiger partial charge in [-0.2, -0.15) is 0 Å².